The lowest BCUT2D eigenvalue weighted by Crippen LogP contribution is -2.45. The van der Waals surface area contributed by atoms with Gasteiger partial charge in [0.2, 0.25) is 11.8 Å². The van der Waals surface area contributed by atoms with Crippen molar-refractivity contribution < 1.29 is 14.4 Å². The molecule has 2 atom stereocenters. The molecule has 0 saturated carbocycles. The van der Waals surface area contributed by atoms with Gasteiger partial charge in [0.1, 0.15) is 11.9 Å². The number of aromatic nitrogens is 2. The summed E-state index contributed by atoms with van der Waals surface area (Å²) in [4.78, 5) is 43.1. The molecule has 33 heavy (non-hydrogen) atoms. The number of rotatable bonds is 6. The van der Waals surface area contributed by atoms with Gasteiger partial charge in [0.25, 0.3) is 5.91 Å². The van der Waals surface area contributed by atoms with Crippen LogP contribution in [0, 0.1) is 5.92 Å². The molecule has 3 amide bonds. The number of nitrogens with zero attached hydrogens (tertiary/aromatic N) is 2. The van der Waals surface area contributed by atoms with Crippen LogP contribution >= 0.6 is 0 Å². The molecule has 1 aliphatic rings. The van der Waals surface area contributed by atoms with E-state index in [2.05, 4.69) is 34.4 Å². The Labute approximate surface area is 192 Å². The van der Waals surface area contributed by atoms with Crippen LogP contribution in [0.15, 0.2) is 48.5 Å². The van der Waals surface area contributed by atoms with E-state index in [0.29, 0.717) is 11.3 Å². The van der Waals surface area contributed by atoms with Crippen LogP contribution in [-0.4, -0.2) is 33.3 Å². The molecule has 1 aromatic heterocycles. The van der Waals surface area contributed by atoms with E-state index in [9.17, 15) is 14.4 Å². The lowest BCUT2D eigenvalue weighted by Gasteiger charge is -2.25. The molecule has 0 spiro atoms. The van der Waals surface area contributed by atoms with Crippen LogP contribution in [0.5, 0.6) is 0 Å². The highest BCUT2D eigenvalue weighted by molar-refractivity contribution is 6.10. The number of nitrogens with one attached hydrogen (secondary N) is 3. The number of para-hydroxylation sites is 3. The van der Waals surface area contributed by atoms with E-state index in [4.69, 9.17) is 4.98 Å². The summed E-state index contributed by atoms with van der Waals surface area (Å²) in [5.74, 6) is -0.299. The molecule has 2 heterocycles. The van der Waals surface area contributed by atoms with Crippen molar-refractivity contribution in [2.24, 2.45) is 5.92 Å². The Balaban J connectivity index is 1.56. The Morgan fingerprint density at radius 2 is 1.76 bits per heavy atom. The number of fused-ring (bicyclic) bond motifs is 2. The molecule has 0 aliphatic carbocycles. The maximum absolute atomic E-state index is 13.1. The normalized spacial score (nSPS) is 16.8. The molecule has 0 fully saturated rings. The molecule has 0 radical (unpaired) electrons. The molecule has 2 aromatic carbocycles. The topological polar surface area (TPSA) is 105 Å². The van der Waals surface area contributed by atoms with E-state index in [-0.39, 0.29) is 36.2 Å². The number of hydrogen-bond donors (Lipinski definition) is 3. The summed E-state index contributed by atoms with van der Waals surface area (Å²) in [6.45, 7) is 8.21. The number of anilines is 1. The predicted molar refractivity (Wildman–Crippen MR) is 127 cm³/mol. The Bertz CT molecular complexity index is 1210. The van der Waals surface area contributed by atoms with Crippen LogP contribution < -0.4 is 16.0 Å². The summed E-state index contributed by atoms with van der Waals surface area (Å²) >= 11 is 0. The highest BCUT2D eigenvalue weighted by Gasteiger charge is 2.31. The highest BCUT2D eigenvalue weighted by atomic mass is 16.2. The maximum atomic E-state index is 13.1. The van der Waals surface area contributed by atoms with Gasteiger partial charge >= 0.3 is 0 Å². The number of imidazole rings is 1. The minimum Gasteiger partial charge on any atom is -0.346 e. The van der Waals surface area contributed by atoms with Gasteiger partial charge in [0.15, 0.2) is 0 Å². The third-order valence-corrected chi connectivity index (χ3v) is 5.84. The monoisotopic (exact) mass is 447 g/mol. The van der Waals surface area contributed by atoms with Crippen molar-refractivity contribution in [2.75, 3.05) is 5.32 Å². The zero-order valence-electron chi connectivity index (χ0n) is 19.3. The number of amides is 3. The van der Waals surface area contributed by atoms with Gasteiger partial charge in [-0.2, -0.15) is 0 Å². The van der Waals surface area contributed by atoms with Crippen LogP contribution in [0.1, 0.15) is 62.4 Å². The van der Waals surface area contributed by atoms with Crippen molar-refractivity contribution in [3.05, 3.63) is 59.9 Å². The van der Waals surface area contributed by atoms with Crippen LogP contribution in [-0.2, 0) is 9.59 Å². The van der Waals surface area contributed by atoms with Crippen LogP contribution in [0.2, 0.25) is 0 Å². The van der Waals surface area contributed by atoms with Crippen molar-refractivity contribution in [3.8, 4) is 0 Å². The second kappa shape index (κ2) is 9.05. The number of benzene rings is 2. The highest BCUT2D eigenvalue weighted by Crippen LogP contribution is 2.29. The van der Waals surface area contributed by atoms with E-state index >= 15 is 0 Å². The van der Waals surface area contributed by atoms with Gasteiger partial charge in [-0.05, 0) is 44.0 Å². The van der Waals surface area contributed by atoms with Gasteiger partial charge in [-0.3, -0.25) is 14.4 Å². The molecule has 3 aromatic rings. The van der Waals surface area contributed by atoms with Crippen LogP contribution in [0.3, 0.4) is 0 Å². The predicted octanol–water partition coefficient (Wildman–Crippen LogP) is 3.57. The quantitative estimate of drug-likeness (QED) is 0.537. The molecule has 172 valence electrons. The number of carbonyl (C=O) groups is 3. The van der Waals surface area contributed by atoms with Crippen molar-refractivity contribution >= 4 is 34.4 Å². The molecule has 1 aliphatic heterocycles. The van der Waals surface area contributed by atoms with E-state index in [1.807, 2.05) is 38.1 Å². The van der Waals surface area contributed by atoms with Gasteiger partial charge in [-0.25, -0.2) is 4.98 Å². The fourth-order valence-electron chi connectivity index (χ4n) is 4.23. The van der Waals surface area contributed by atoms with Gasteiger partial charge in [0.05, 0.1) is 34.7 Å². The smallest absolute Gasteiger partial charge is 0.254 e. The molecule has 8 nitrogen and oxygen atoms in total. The van der Waals surface area contributed by atoms with E-state index in [1.54, 1.807) is 24.3 Å². The first-order chi connectivity index (χ1) is 15.8. The van der Waals surface area contributed by atoms with Gasteiger partial charge in [-0.1, -0.05) is 38.1 Å². The molecule has 8 heteroatoms. The fourth-order valence-corrected chi connectivity index (χ4v) is 4.23. The van der Waals surface area contributed by atoms with Crippen molar-refractivity contribution in [2.45, 2.75) is 52.2 Å². The summed E-state index contributed by atoms with van der Waals surface area (Å²) in [6, 6.07) is 13.5. The molecule has 0 unspecified atom stereocenters. The Morgan fingerprint density at radius 1 is 1.06 bits per heavy atom. The third kappa shape index (κ3) is 4.46. The fraction of sp³-hybridized carbons (Fsp3) is 0.360. The zero-order valence-corrected chi connectivity index (χ0v) is 19.3. The lowest BCUT2D eigenvalue weighted by molar-refractivity contribution is -0.126. The van der Waals surface area contributed by atoms with E-state index in [0.717, 1.165) is 16.9 Å². The molecule has 3 N–H and O–H groups in total. The van der Waals surface area contributed by atoms with E-state index < -0.39 is 11.9 Å². The Morgan fingerprint density at radius 3 is 2.48 bits per heavy atom. The Hall–Kier alpha value is -3.68. The first-order valence-corrected chi connectivity index (χ1v) is 11.2. The second-order valence-corrected chi connectivity index (χ2v) is 8.98. The first-order valence-electron chi connectivity index (χ1n) is 11.2. The molecular formula is C25H29N5O3. The summed E-state index contributed by atoms with van der Waals surface area (Å²) in [5, 5.41) is 8.48. The minimum absolute atomic E-state index is 0.0602. The lowest BCUT2D eigenvalue weighted by atomic mass is 10.0. The standard InChI is InChI=1S/C25H29N5O3/c1-14(2)22(23-26-18-11-7-8-12-20(18)30(23)15(3)4)29-21(31)13-19-25(33)27-17-10-6-5-9-16(17)24(32)28-19/h5-12,14-15,19,22H,13H2,1-4H3,(H,27,33)(H,28,32)(H,29,31)/t19-,22+/m0/s1. The summed E-state index contributed by atoms with van der Waals surface area (Å²) < 4.78 is 2.14. The number of carbonyl (C=O) groups excluding carboxylic acids is 3. The molecule has 4 rings (SSSR count). The average molecular weight is 448 g/mol. The Kier molecular flexibility index (Phi) is 6.18. The van der Waals surface area contributed by atoms with Crippen molar-refractivity contribution in [1.82, 2.24) is 20.2 Å². The summed E-state index contributed by atoms with van der Waals surface area (Å²) in [5.41, 5.74) is 2.69. The van der Waals surface area contributed by atoms with Crippen molar-refractivity contribution in [3.63, 3.8) is 0 Å². The van der Waals surface area contributed by atoms with Crippen molar-refractivity contribution in [1.29, 1.82) is 0 Å². The minimum atomic E-state index is -0.971. The molecule has 0 saturated heterocycles. The van der Waals surface area contributed by atoms with Crippen LogP contribution in [0.4, 0.5) is 5.69 Å². The second-order valence-electron chi connectivity index (χ2n) is 8.98. The molecule has 0 bridgehead atoms. The van der Waals surface area contributed by atoms with Gasteiger partial charge < -0.3 is 20.5 Å². The first kappa shape index (κ1) is 22.5. The van der Waals surface area contributed by atoms with Gasteiger partial charge in [-0.15, -0.1) is 0 Å². The van der Waals surface area contributed by atoms with Crippen LogP contribution in [0.25, 0.3) is 11.0 Å². The summed E-state index contributed by atoms with van der Waals surface area (Å²) in [7, 11) is 0. The summed E-state index contributed by atoms with van der Waals surface area (Å²) in [6.07, 6.45) is -0.170. The average Bonchev–Trinajstić information content (AvgIpc) is 3.11. The zero-order chi connectivity index (χ0) is 23.7. The third-order valence-electron chi connectivity index (χ3n) is 5.84. The van der Waals surface area contributed by atoms with Gasteiger partial charge in [0, 0.05) is 6.04 Å². The van der Waals surface area contributed by atoms with E-state index in [1.165, 1.54) is 0 Å². The SMILES string of the molecule is CC(C)[C@@H](NC(=O)C[C@@H]1NC(=O)c2ccccc2NC1=O)c1nc2ccccc2n1C(C)C. The largest absolute Gasteiger partial charge is 0.346 e. The number of hydrogen-bond acceptors (Lipinski definition) is 4. The maximum Gasteiger partial charge on any atom is 0.254 e. The molecular weight excluding hydrogens is 418 g/mol.